The van der Waals surface area contributed by atoms with Crippen molar-refractivity contribution in [1.29, 1.82) is 0 Å². The van der Waals surface area contributed by atoms with Crippen molar-refractivity contribution in [1.82, 2.24) is 19.9 Å². The smallest absolute Gasteiger partial charge is 0.160 e. The third-order valence-corrected chi connectivity index (χ3v) is 14.2. The van der Waals surface area contributed by atoms with Gasteiger partial charge in [0.25, 0.3) is 0 Å². The lowest BCUT2D eigenvalue weighted by Crippen LogP contribution is -2.26. The normalized spacial score (nSPS) is 16.4. The monoisotopic (exact) mass is 884 g/mol. The molecule has 10 aromatic rings. The van der Waals surface area contributed by atoms with E-state index < -0.39 is 0 Å². The van der Waals surface area contributed by atoms with E-state index >= 15 is 0 Å². The maximum absolute atomic E-state index is 5.65. The first-order chi connectivity index (χ1) is 34.0. The van der Waals surface area contributed by atoms with Crippen molar-refractivity contribution in [3.63, 3.8) is 0 Å². The van der Waals surface area contributed by atoms with E-state index in [1.54, 1.807) is 12.4 Å². The van der Waals surface area contributed by atoms with E-state index in [4.69, 9.17) is 29.9 Å². The molecule has 0 bridgehead atoms. The van der Waals surface area contributed by atoms with Crippen molar-refractivity contribution in [2.24, 2.45) is 15.9 Å². The molecule has 6 heteroatoms. The second-order valence-electron chi connectivity index (χ2n) is 18.6. The first-order valence-corrected chi connectivity index (χ1v) is 23.6. The van der Waals surface area contributed by atoms with Gasteiger partial charge in [-0.3, -0.25) is 15.0 Å². The quantitative estimate of drug-likeness (QED) is 0.149. The van der Waals surface area contributed by atoms with Gasteiger partial charge in [-0.2, -0.15) is 0 Å². The summed E-state index contributed by atoms with van der Waals surface area (Å²) in [6.45, 7) is 4.64. The summed E-state index contributed by atoms with van der Waals surface area (Å²) < 4.78 is 0. The number of hydrogen-bond donors (Lipinski definition) is 0. The Morgan fingerprint density at radius 3 is 1.67 bits per heavy atom. The number of aromatic nitrogens is 4. The van der Waals surface area contributed by atoms with Gasteiger partial charge in [0.05, 0.1) is 33.9 Å². The summed E-state index contributed by atoms with van der Waals surface area (Å²) in [7, 11) is 0. The van der Waals surface area contributed by atoms with Crippen LogP contribution in [0.25, 0.3) is 89.1 Å². The van der Waals surface area contributed by atoms with Crippen LogP contribution in [0.5, 0.6) is 0 Å². The number of rotatable bonds is 7. The number of nitrogens with zero attached hydrogens (tertiary/aromatic N) is 6. The van der Waals surface area contributed by atoms with Crippen LogP contribution in [-0.4, -0.2) is 31.5 Å². The van der Waals surface area contributed by atoms with Gasteiger partial charge in [-0.15, -0.1) is 0 Å². The van der Waals surface area contributed by atoms with Crippen molar-refractivity contribution in [2.75, 3.05) is 0 Å². The number of amidine groups is 1. The SMILES string of the molecule is CC1(C)c2cc(C3=NC(c4ccccc4)C4C=CC=CC4=N3)ccc2-c2ccc(-c3nc(-c4ccc(-c5ccccc5)cc4)c4c(n3)c(-c3ccccc3)c(-c3ccccc3)c3nccnc34)cc21. The topological polar surface area (TPSA) is 76.3 Å². The van der Waals surface area contributed by atoms with Crippen molar-refractivity contribution < 1.29 is 0 Å². The Bertz CT molecular complexity index is 3780. The number of hydrogen-bond acceptors (Lipinski definition) is 6. The highest BCUT2D eigenvalue weighted by molar-refractivity contribution is 6.21. The summed E-state index contributed by atoms with van der Waals surface area (Å²) in [6, 6.07) is 64.3. The van der Waals surface area contributed by atoms with Gasteiger partial charge in [-0.1, -0.05) is 202 Å². The van der Waals surface area contributed by atoms with Gasteiger partial charge in [-0.05, 0) is 68.3 Å². The highest BCUT2D eigenvalue weighted by atomic mass is 15.0. The Morgan fingerprint density at radius 1 is 0.464 bits per heavy atom. The van der Waals surface area contributed by atoms with Crippen LogP contribution in [-0.2, 0) is 5.41 Å². The highest BCUT2D eigenvalue weighted by Gasteiger charge is 2.37. The van der Waals surface area contributed by atoms with Gasteiger partial charge in [0.15, 0.2) is 11.7 Å². The summed E-state index contributed by atoms with van der Waals surface area (Å²) in [6.07, 6.45) is 12.1. The predicted octanol–water partition coefficient (Wildman–Crippen LogP) is 14.9. The molecule has 0 saturated carbocycles. The Balaban J connectivity index is 0.997. The molecule has 326 valence electrons. The molecule has 2 aliphatic carbocycles. The highest BCUT2D eigenvalue weighted by Crippen LogP contribution is 2.51. The number of benzene rings is 8. The molecule has 0 N–H and O–H groups in total. The van der Waals surface area contributed by atoms with E-state index in [1.165, 1.54) is 27.8 Å². The van der Waals surface area contributed by atoms with E-state index in [1.807, 2.05) is 12.1 Å². The fourth-order valence-electron chi connectivity index (χ4n) is 10.7. The molecule has 0 radical (unpaired) electrons. The molecule has 0 spiro atoms. The molecule has 3 aliphatic rings. The van der Waals surface area contributed by atoms with E-state index in [0.717, 1.165) is 89.2 Å². The zero-order valence-electron chi connectivity index (χ0n) is 38.1. The van der Waals surface area contributed by atoms with Crippen LogP contribution in [0, 0.1) is 5.92 Å². The predicted molar refractivity (Wildman–Crippen MR) is 282 cm³/mol. The molecule has 2 unspecified atom stereocenters. The van der Waals surface area contributed by atoms with Crippen LogP contribution < -0.4 is 0 Å². The minimum atomic E-state index is -0.345. The van der Waals surface area contributed by atoms with Crippen LogP contribution >= 0.6 is 0 Å². The largest absolute Gasteiger partial charge is 0.257 e. The van der Waals surface area contributed by atoms with E-state index in [9.17, 15) is 0 Å². The van der Waals surface area contributed by atoms with Gasteiger partial charge in [-0.25, -0.2) is 15.0 Å². The number of allylic oxidation sites excluding steroid dienone is 3. The summed E-state index contributed by atoms with van der Waals surface area (Å²) in [5.41, 5.74) is 19.2. The molecule has 6 nitrogen and oxygen atoms in total. The molecular formula is C63H44N6. The number of fused-ring (bicyclic) bond motifs is 7. The fraction of sp³-hybridized carbons (Fsp3) is 0.0794. The molecule has 13 rings (SSSR count). The van der Waals surface area contributed by atoms with Crippen LogP contribution in [0.2, 0.25) is 0 Å². The Labute approximate surface area is 400 Å². The first-order valence-electron chi connectivity index (χ1n) is 23.6. The van der Waals surface area contributed by atoms with E-state index in [2.05, 4.69) is 208 Å². The third kappa shape index (κ3) is 6.78. The lowest BCUT2D eigenvalue weighted by molar-refractivity contribution is 0.640. The Morgan fingerprint density at radius 2 is 1.00 bits per heavy atom. The molecule has 8 aromatic carbocycles. The van der Waals surface area contributed by atoms with Gasteiger partial charge in [0.2, 0.25) is 0 Å². The Hall–Kier alpha value is -8.74. The lowest BCUT2D eigenvalue weighted by atomic mass is 9.81. The molecular weight excluding hydrogens is 841 g/mol. The average Bonchev–Trinajstić information content (AvgIpc) is 3.65. The van der Waals surface area contributed by atoms with Gasteiger partial charge in [0.1, 0.15) is 5.52 Å². The molecule has 69 heavy (non-hydrogen) atoms. The molecule has 0 amide bonds. The minimum absolute atomic E-state index is 0.0548. The average molecular weight is 885 g/mol. The van der Waals surface area contributed by atoms with Crippen LogP contribution in [0.3, 0.4) is 0 Å². The van der Waals surface area contributed by atoms with E-state index in [-0.39, 0.29) is 17.4 Å². The molecule has 1 aliphatic heterocycles. The molecule has 2 aromatic heterocycles. The molecule has 2 atom stereocenters. The van der Waals surface area contributed by atoms with E-state index in [0.29, 0.717) is 5.82 Å². The van der Waals surface area contributed by atoms with Crippen LogP contribution in [0.1, 0.15) is 42.1 Å². The fourth-order valence-corrected chi connectivity index (χ4v) is 10.7. The second kappa shape index (κ2) is 16.2. The van der Waals surface area contributed by atoms with Crippen LogP contribution in [0.4, 0.5) is 0 Å². The summed E-state index contributed by atoms with van der Waals surface area (Å²) in [4.78, 5) is 31.9. The third-order valence-electron chi connectivity index (χ3n) is 14.2. The summed E-state index contributed by atoms with van der Waals surface area (Å²) in [5, 5.41) is 0.865. The lowest BCUT2D eigenvalue weighted by Gasteiger charge is -2.28. The van der Waals surface area contributed by atoms with Gasteiger partial charge in [0, 0.05) is 51.5 Å². The van der Waals surface area contributed by atoms with Crippen molar-refractivity contribution in [3.8, 4) is 67.2 Å². The summed E-state index contributed by atoms with van der Waals surface area (Å²) in [5.74, 6) is 1.50. The van der Waals surface area contributed by atoms with Gasteiger partial charge < -0.3 is 0 Å². The van der Waals surface area contributed by atoms with Crippen molar-refractivity contribution >= 4 is 33.5 Å². The first kappa shape index (κ1) is 40.5. The Kier molecular flexibility index (Phi) is 9.54. The minimum Gasteiger partial charge on any atom is -0.257 e. The number of aliphatic imine (C=N–C) groups is 2. The van der Waals surface area contributed by atoms with Crippen LogP contribution in [0.15, 0.2) is 229 Å². The zero-order valence-corrected chi connectivity index (χ0v) is 38.1. The molecule has 0 fully saturated rings. The van der Waals surface area contributed by atoms with Crippen molar-refractivity contribution in [3.05, 3.63) is 241 Å². The second-order valence-corrected chi connectivity index (χ2v) is 18.6. The molecule has 0 saturated heterocycles. The summed E-state index contributed by atoms with van der Waals surface area (Å²) >= 11 is 0. The molecule has 3 heterocycles. The van der Waals surface area contributed by atoms with Crippen molar-refractivity contribution in [2.45, 2.75) is 25.3 Å². The standard InChI is InChI=1S/C63H44N6/c1-63(2)50-37-45(61-66-52-26-16-15-25-49(52)56(67-61)43-23-13-6-14-24-43)31-33-47(50)48-34-32-46(38-51(48)63)62-68-57(44-29-27-40(28-30-44)39-17-7-3-8-18-39)55-58(69-62)53(41-19-9-4-10-20-41)54(42-21-11-5-12-22-42)59-60(55)65-36-35-64-59/h3-38,49,56H,1-2H3. The maximum atomic E-state index is 5.65. The zero-order chi connectivity index (χ0) is 46.1. The van der Waals surface area contributed by atoms with Gasteiger partial charge >= 0.3 is 0 Å². The maximum Gasteiger partial charge on any atom is 0.160 e.